The van der Waals surface area contributed by atoms with Crippen molar-refractivity contribution >= 4 is 17.0 Å². The van der Waals surface area contributed by atoms with Crippen molar-refractivity contribution in [1.82, 2.24) is 9.97 Å². The maximum atomic E-state index is 4.51. The minimum atomic E-state index is 0.843. The van der Waals surface area contributed by atoms with E-state index in [2.05, 4.69) is 47.3 Å². The van der Waals surface area contributed by atoms with E-state index in [1.807, 2.05) is 24.3 Å². The molecule has 3 heteroatoms. The number of benzene rings is 2. The summed E-state index contributed by atoms with van der Waals surface area (Å²) in [6.45, 7) is 5.18. The molecule has 0 aliphatic carbocycles. The number of para-hydroxylation sites is 2. The van der Waals surface area contributed by atoms with Gasteiger partial charge in [-0.25, -0.2) is 4.98 Å². The molecule has 0 atom stereocenters. The first-order valence-electron chi connectivity index (χ1n) is 6.97. The molecule has 3 rings (SSSR count). The molecule has 0 unspecified atom stereocenters. The highest BCUT2D eigenvalue weighted by Crippen LogP contribution is 2.14. The zero-order valence-corrected chi connectivity index (χ0v) is 11.9. The molecular formula is C17H19N3. The zero-order valence-electron chi connectivity index (χ0n) is 11.9. The van der Waals surface area contributed by atoms with E-state index in [1.54, 1.807) is 0 Å². The SMILES string of the molecule is Cc1ccc(CCNc2nc3ccccc3[nH]2)c(C)c1. The molecular weight excluding hydrogens is 246 g/mol. The van der Waals surface area contributed by atoms with Gasteiger partial charge in [-0.15, -0.1) is 0 Å². The molecule has 0 fully saturated rings. The Labute approximate surface area is 119 Å². The quantitative estimate of drug-likeness (QED) is 0.752. The lowest BCUT2D eigenvalue weighted by Gasteiger charge is -2.07. The average molecular weight is 265 g/mol. The average Bonchev–Trinajstić information content (AvgIpc) is 2.84. The molecule has 0 spiro atoms. The molecule has 0 aliphatic rings. The molecule has 0 saturated carbocycles. The number of rotatable bonds is 4. The summed E-state index contributed by atoms with van der Waals surface area (Å²) in [4.78, 5) is 7.80. The molecule has 1 aromatic heterocycles. The number of fused-ring (bicyclic) bond motifs is 1. The van der Waals surface area contributed by atoms with Gasteiger partial charge in [0.2, 0.25) is 5.95 Å². The van der Waals surface area contributed by atoms with E-state index in [0.29, 0.717) is 0 Å². The van der Waals surface area contributed by atoms with Gasteiger partial charge in [-0.3, -0.25) is 0 Å². The Hall–Kier alpha value is -2.29. The molecule has 20 heavy (non-hydrogen) atoms. The summed E-state index contributed by atoms with van der Waals surface area (Å²) < 4.78 is 0. The predicted octanol–water partition coefficient (Wildman–Crippen LogP) is 3.83. The van der Waals surface area contributed by atoms with Gasteiger partial charge in [-0.05, 0) is 43.5 Å². The van der Waals surface area contributed by atoms with Crippen LogP contribution in [0.25, 0.3) is 11.0 Å². The van der Waals surface area contributed by atoms with Gasteiger partial charge in [-0.1, -0.05) is 35.9 Å². The van der Waals surface area contributed by atoms with E-state index in [1.165, 1.54) is 16.7 Å². The Morgan fingerprint density at radius 3 is 2.75 bits per heavy atom. The van der Waals surface area contributed by atoms with Crippen molar-refractivity contribution in [1.29, 1.82) is 0 Å². The minimum Gasteiger partial charge on any atom is -0.355 e. The Kier molecular flexibility index (Phi) is 3.42. The summed E-state index contributed by atoms with van der Waals surface area (Å²) in [5.74, 6) is 0.843. The number of H-pyrrole nitrogens is 1. The Morgan fingerprint density at radius 2 is 1.95 bits per heavy atom. The largest absolute Gasteiger partial charge is 0.355 e. The zero-order chi connectivity index (χ0) is 13.9. The van der Waals surface area contributed by atoms with Gasteiger partial charge in [0.15, 0.2) is 0 Å². The van der Waals surface area contributed by atoms with Crippen LogP contribution in [0.2, 0.25) is 0 Å². The number of imidazole rings is 1. The molecule has 0 aliphatic heterocycles. The van der Waals surface area contributed by atoms with Crippen LogP contribution in [0.5, 0.6) is 0 Å². The molecule has 0 saturated heterocycles. The van der Waals surface area contributed by atoms with Gasteiger partial charge in [0.25, 0.3) is 0 Å². The Balaban J connectivity index is 1.64. The molecule has 2 aromatic carbocycles. The second kappa shape index (κ2) is 5.37. The summed E-state index contributed by atoms with van der Waals surface area (Å²) in [7, 11) is 0. The fourth-order valence-electron chi connectivity index (χ4n) is 2.48. The smallest absolute Gasteiger partial charge is 0.201 e. The number of aryl methyl sites for hydroxylation is 2. The first-order valence-corrected chi connectivity index (χ1v) is 6.97. The topological polar surface area (TPSA) is 40.7 Å². The van der Waals surface area contributed by atoms with Crippen molar-refractivity contribution in [2.75, 3.05) is 11.9 Å². The van der Waals surface area contributed by atoms with Gasteiger partial charge in [0.1, 0.15) is 0 Å². The van der Waals surface area contributed by atoms with Crippen LogP contribution in [0.3, 0.4) is 0 Å². The number of nitrogens with one attached hydrogen (secondary N) is 2. The Bertz CT molecular complexity index is 695. The maximum absolute atomic E-state index is 4.51. The normalized spacial score (nSPS) is 10.9. The van der Waals surface area contributed by atoms with E-state index in [9.17, 15) is 0 Å². The summed E-state index contributed by atoms with van der Waals surface area (Å²) in [6.07, 6.45) is 1.00. The number of aromatic nitrogens is 2. The fourth-order valence-corrected chi connectivity index (χ4v) is 2.48. The number of hydrogen-bond donors (Lipinski definition) is 2. The van der Waals surface area contributed by atoms with Crippen LogP contribution in [0.15, 0.2) is 42.5 Å². The van der Waals surface area contributed by atoms with Gasteiger partial charge in [0.05, 0.1) is 11.0 Å². The maximum Gasteiger partial charge on any atom is 0.201 e. The van der Waals surface area contributed by atoms with Crippen LogP contribution in [-0.4, -0.2) is 16.5 Å². The van der Waals surface area contributed by atoms with Crippen LogP contribution in [0.1, 0.15) is 16.7 Å². The van der Waals surface area contributed by atoms with Crippen molar-refractivity contribution in [2.45, 2.75) is 20.3 Å². The van der Waals surface area contributed by atoms with E-state index in [4.69, 9.17) is 0 Å². The molecule has 0 bridgehead atoms. The second-order valence-corrected chi connectivity index (χ2v) is 5.21. The lowest BCUT2D eigenvalue weighted by molar-refractivity contribution is 0.986. The fraction of sp³-hybridized carbons (Fsp3) is 0.235. The van der Waals surface area contributed by atoms with Crippen LogP contribution in [-0.2, 0) is 6.42 Å². The first-order chi connectivity index (χ1) is 9.72. The van der Waals surface area contributed by atoms with Crippen LogP contribution in [0.4, 0.5) is 5.95 Å². The number of hydrogen-bond acceptors (Lipinski definition) is 2. The Morgan fingerprint density at radius 1 is 1.10 bits per heavy atom. The van der Waals surface area contributed by atoms with Gasteiger partial charge < -0.3 is 10.3 Å². The summed E-state index contributed by atoms with van der Waals surface area (Å²) in [5, 5.41) is 3.36. The first kappa shape index (κ1) is 12.7. The van der Waals surface area contributed by atoms with E-state index in [0.717, 1.165) is 29.9 Å². The minimum absolute atomic E-state index is 0.843. The molecule has 1 heterocycles. The molecule has 0 radical (unpaired) electrons. The highest BCUT2D eigenvalue weighted by atomic mass is 15.1. The lowest BCUT2D eigenvalue weighted by Crippen LogP contribution is -2.07. The third-order valence-electron chi connectivity index (χ3n) is 3.57. The highest BCUT2D eigenvalue weighted by Gasteiger charge is 2.02. The standard InChI is InChI=1S/C17H19N3/c1-12-7-8-14(13(2)11-12)9-10-18-17-19-15-5-3-4-6-16(15)20-17/h3-8,11H,9-10H2,1-2H3,(H2,18,19,20). The van der Waals surface area contributed by atoms with Crippen LogP contribution in [0, 0.1) is 13.8 Å². The number of anilines is 1. The van der Waals surface area contributed by atoms with Gasteiger partial charge >= 0.3 is 0 Å². The third kappa shape index (κ3) is 2.67. The van der Waals surface area contributed by atoms with Crippen molar-refractivity contribution in [3.05, 3.63) is 59.2 Å². The third-order valence-corrected chi connectivity index (χ3v) is 3.57. The second-order valence-electron chi connectivity index (χ2n) is 5.21. The highest BCUT2D eigenvalue weighted by molar-refractivity contribution is 5.77. The van der Waals surface area contributed by atoms with E-state index in [-0.39, 0.29) is 0 Å². The monoisotopic (exact) mass is 265 g/mol. The predicted molar refractivity (Wildman–Crippen MR) is 84.2 cm³/mol. The summed E-state index contributed by atoms with van der Waals surface area (Å²) >= 11 is 0. The van der Waals surface area contributed by atoms with E-state index < -0.39 is 0 Å². The lowest BCUT2D eigenvalue weighted by atomic mass is 10.0. The van der Waals surface area contributed by atoms with Crippen molar-refractivity contribution < 1.29 is 0 Å². The van der Waals surface area contributed by atoms with Gasteiger partial charge in [0, 0.05) is 6.54 Å². The van der Waals surface area contributed by atoms with Crippen LogP contribution < -0.4 is 5.32 Å². The summed E-state index contributed by atoms with van der Waals surface area (Å²) in [6, 6.07) is 14.7. The molecule has 3 aromatic rings. The van der Waals surface area contributed by atoms with Crippen LogP contribution >= 0.6 is 0 Å². The molecule has 2 N–H and O–H groups in total. The molecule has 3 nitrogen and oxygen atoms in total. The summed E-state index contributed by atoms with van der Waals surface area (Å²) in [5.41, 5.74) is 6.13. The molecule has 102 valence electrons. The van der Waals surface area contributed by atoms with Crippen molar-refractivity contribution in [2.24, 2.45) is 0 Å². The van der Waals surface area contributed by atoms with Crippen molar-refractivity contribution in [3.63, 3.8) is 0 Å². The number of nitrogens with zero attached hydrogens (tertiary/aromatic N) is 1. The molecule has 0 amide bonds. The van der Waals surface area contributed by atoms with Crippen molar-refractivity contribution in [3.8, 4) is 0 Å². The van der Waals surface area contributed by atoms with E-state index >= 15 is 0 Å². The number of aromatic amines is 1. The van der Waals surface area contributed by atoms with Gasteiger partial charge in [-0.2, -0.15) is 0 Å².